The van der Waals surface area contributed by atoms with Gasteiger partial charge in [-0.15, -0.1) is 0 Å². The Bertz CT molecular complexity index is 587. The van der Waals surface area contributed by atoms with E-state index in [2.05, 4.69) is 18.3 Å². The van der Waals surface area contributed by atoms with Gasteiger partial charge in [0, 0.05) is 18.8 Å². The first kappa shape index (κ1) is 18.3. The minimum atomic E-state index is -0.620. The molecule has 1 heterocycles. The van der Waals surface area contributed by atoms with Crippen LogP contribution in [0.5, 0.6) is 0 Å². The van der Waals surface area contributed by atoms with Gasteiger partial charge in [0.1, 0.15) is 0 Å². The predicted octanol–water partition coefficient (Wildman–Crippen LogP) is 3.89. The minimum Gasteiger partial charge on any atom is -0.390 e. The summed E-state index contributed by atoms with van der Waals surface area (Å²) in [5.74, 6) is 0. The number of anilines is 1. The van der Waals surface area contributed by atoms with Crippen LogP contribution in [-0.2, 0) is 0 Å². The second-order valence-electron chi connectivity index (χ2n) is 6.64. The molecule has 0 unspecified atom stereocenters. The number of piperidine rings is 1. The number of carbonyl (C=O) groups is 1. The topological polar surface area (TPSA) is 76.4 Å². The average molecular weight is 329 g/mol. The summed E-state index contributed by atoms with van der Waals surface area (Å²) in [5, 5.41) is 22.4. The highest BCUT2D eigenvalue weighted by molar-refractivity contribution is 5.89. The monoisotopic (exact) mass is 329 g/mol. The minimum absolute atomic E-state index is 0.168. The Hall–Kier alpha value is -2.06. The number of aliphatic hydroxyl groups is 1. The van der Waals surface area contributed by atoms with Crippen molar-refractivity contribution in [2.45, 2.75) is 57.5 Å². The Kier molecular flexibility index (Phi) is 6.62. The van der Waals surface area contributed by atoms with Crippen molar-refractivity contribution < 1.29 is 9.90 Å². The van der Waals surface area contributed by atoms with Crippen molar-refractivity contribution in [3.8, 4) is 6.07 Å². The Morgan fingerprint density at radius 1 is 1.33 bits per heavy atom. The van der Waals surface area contributed by atoms with E-state index in [0.717, 1.165) is 19.3 Å². The van der Waals surface area contributed by atoms with E-state index in [0.29, 0.717) is 37.2 Å². The first-order valence-electron chi connectivity index (χ1n) is 8.85. The first-order valence-corrected chi connectivity index (χ1v) is 8.85. The molecule has 1 aromatic carbocycles. The number of amides is 2. The number of carbonyl (C=O) groups excluding carboxylic acids is 1. The van der Waals surface area contributed by atoms with Gasteiger partial charge in [0.05, 0.1) is 17.2 Å². The molecule has 1 fully saturated rings. The van der Waals surface area contributed by atoms with Gasteiger partial charge in [-0.2, -0.15) is 5.26 Å². The van der Waals surface area contributed by atoms with Gasteiger partial charge in [0.2, 0.25) is 0 Å². The van der Waals surface area contributed by atoms with Crippen molar-refractivity contribution in [2.24, 2.45) is 0 Å². The van der Waals surface area contributed by atoms with Gasteiger partial charge in [0.25, 0.3) is 0 Å². The molecule has 24 heavy (non-hydrogen) atoms. The zero-order chi connectivity index (χ0) is 17.4. The molecule has 1 saturated heterocycles. The number of nitrogens with zero attached hydrogens (tertiary/aromatic N) is 2. The van der Waals surface area contributed by atoms with E-state index in [1.54, 1.807) is 29.2 Å². The number of unbranched alkanes of at least 4 members (excludes halogenated alkanes) is 3. The van der Waals surface area contributed by atoms with Gasteiger partial charge >= 0.3 is 6.03 Å². The largest absolute Gasteiger partial charge is 0.390 e. The van der Waals surface area contributed by atoms with Crippen LogP contribution in [0.3, 0.4) is 0 Å². The van der Waals surface area contributed by atoms with Crippen molar-refractivity contribution in [1.82, 2.24) is 4.90 Å². The van der Waals surface area contributed by atoms with Crippen molar-refractivity contribution in [3.05, 3.63) is 29.8 Å². The second kappa shape index (κ2) is 8.70. The summed E-state index contributed by atoms with van der Waals surface area (Å²) in [6, 6.07) is 8.78. The zero-order valence-electron chi connectivity index (χ0n) is 14.4. The maximum absolute atomic E-state index is 12.3. The molecule has 5 nitrogen and oxygen atoms in total. The predicted molar refractivity (Wildman–Crippen MR) is 94.7 cm³/mol. The van der Waals surface area contributed by atoms with Crippen molar-refractivity contribution >= 4 is 11.7 Å². The molecule has 1 aliphatic heterocycles. The van der Waals surface area contributed by atoms with Crippen molar-refractivity contribution in [2.75, 3.05) is 18.4 Å². The molecular weight excluding hydrogens is 302 g/mol. The Morgan fingerprint density at radius 3 is 2.75 bits per heavy atom. The maximum Gasteiger partial charge on any atom is 0.321 e. The lowest BCUT2D eigenvalue weighted by molar-refractivity contribution is -0.0197. The molecular formula is C19H27N3O2. The summed E-state index contributed by atoms with van der Waals surface area (Å²) >= 11 is 0. The third-order valence-corrected chi connectivity index (χ3v) is 4.72. The number of urea groups is 1. The first-order chi connectivity index (χ1) is 11.6. The van der Waals surface area contributed by atoms with Gasteiger partial charge in [0.15, 0.2) is 0 Å². The summed E-state index contributed by atoms with van der Waals surface area (Å²) in [4.78, 5) is 14.1. The van der Waals surface area contributed by atoms with Gasteiger partial charge in [-0.05, 0) is 37.5 Å². The highest BCUT2D eigenvalue weighted by Crippen LogP contribution is 2.28. The molecule has 130 valence electrons. The molecule has 2 N–H and O–H groups in total. The second-order valence-corrected chi connectivity index (χ2v) is 6.64. The highest BCUT2D eigenvalue weighted by atomic mass is 16.3. The summed E-state index contributed by atoms with van der Waals surface area (Å²) in [6.45, 7) is 3.31. The number of rotatable bonds is 6. The lowest BCUT2D eigenvalue weighted by Gasteiger charge is -2.38. The van der Waals surface area contributed by atoms with Crippen LogP contribution < -0.4 is 5.32 Å². The van der Waals surface area contributed by atoms with Gasteiger partial charge < -0.3 is 15.3 Å². The molecule has 5 heteroatoms. The normalized spacial score (nSPS) is 16.5. The van der Waals surface area contributed by atoms with E-state index in [-0.39, 0.29) is 6.03 Å². The van der Waals surface area contributed by atoms with E-state index in [1.165, 1.54) is 12.8 Å². The molecule has 1 aliphatic rings. The molecule has 0 spiro atoms. The molecule has 0 saturated carbocycles. The fourth-order valence-corrected chi connectivity index (χ4v) is 3.13. The molecule has 0 bridgehead atoms. The van der Waals surface area contributed by atoms with Gasteiger partial charge in [-0.25, -0.2) is 4.79 Å². The molecule has 1 aromatic rings. The van der Waals surface area contributed by atoms with Crippen LogP contribution in [0.25, 0.3) is 0 Å². The SMILES string of the molecule is CCCCCCC1(O)CCN(C(=O)Nc2cccc(C#N)c2)CC1. The Morgan fingerprint density at radius 2 is 2.08 bits per heavy atom. The van der Waals surface area contributed by atoms with Crippen molar-refractivity contribution in [1.29, 1.82) is 5.26 Å². The van der Waals surface area contributed by atoms with E-state index in [4.69, 9.17) is 5.26 Å². The van der Waals surface area contributed by atoms with Crippen LogP contribution in [0.15, 0.2) is 24.3 Å². The van der Waals surface area contributed by atoms with Crippen LogP contribution >= 0.6 is 0 Å². The van der Waals surface area contributed by atoms with E-state index in [9.17, 15) is 9.90 Å². The number of likely N-dealkylation sites (tertiary alicyclic amines) is 1. The molecule has 0 aliphatic carbocycles. The van der Waals surface area contributed by atoms with Crippen LogP contribution in [0.1, 0.15) is 57.4 Å². The quantitative estimate of drug-likeness (QED) is 0.777. The lowest BCUT2D eigenvalue weighted by Crippen LogP contribution is -2.48. The number of hydrogen-bond donors (Lipinski definition) is 2. The Labute approximate surface area is 144 Å². The zero-order valence-corrected chi connectivity index (χ0v) is 14.4. The van der Waals surface area contributed by atoms with Gasteiger partial charge in [-0.3, -0.25) is 0 Å². The molecule has 0 aromatic heterocycles. The van der Waals surface area contributed by atoms with Crippen LogP contribution in [-0.4, -0.2) is 34.7 Å². The fourth-order valence-electron chi connectivity index (χ4n) is 3.13. The van der Waals surface area contributed by atoms with Crippen molar-refractivity contribution in [3.63, 3.8) is 0 Å². The number of hydrogen-bond acceptors (Lipinski definition) is 3. The van der Waals surface area contributed by atoms with Crippen LogP contribution in [0, 0.1) is 11.3 Å². The smallest absolute Gasteiger partial charge is 0.321 e. The molecule has 0 atom stereocenters. The molecule has 0 radical (unpaired) electrons. The fraction of sp³-hybridized carbons (Fsp3) is 0.579. The standard InChI is InChI=1S/C19H27N3O2/c1-2-3-4-5-9-19(24)10-12-22(13-11-19)18(23)21-17-8-6-7-16(14-17)15-20/h6-8,14,24H,2-5,9-13H2,1H3,(H,21,23). The summed E-state index contributed by atoms with van der Waals surface area (Å²) in [6.07, 6.45) is 6.71. The maximum atomic E-state index is 12.3. The average Bonchev–Trinajstić information content (AvgIpc) is 2.59. The number of benzene rings is 1. The Balaban J connectivity index is 1.80. The summed E-state index contributed by atoms with van der Waals surface area (Å²) < 4.78 is 0. The van der Waals surface area contributed by atoms with Gasteiger partial charge in [-0.1, -0.05) is 38.7 Å². The van der Waals surface area contributed by atoms with E-state index >= 15 is 0 Å². The summed E-state index contributed by atoms with van der Waals surface area (Å²) in [5.41, 5.74) is 0.526. The van der Waals surface area contributed by atoms with Crippen LogP contribution in [0.2, 0.25) is 0 Å². The third kappa shape index (κ3) is 5.24. The molecule has 2 rings (SSSR count). The van der Waals surface area contributed by atoms with E-state index < -0.39 is 5.60 Å². The third-order valence-electron chi connectivity index (χ3n) is 4.72. The lowest BCUT2D eigenvalue weighted by atomic mass is 9.86. The van der Waals surface area contributed by atoms with Crippen LogP contribution in [0.4, 0.5) is 10.5 Å². The molecule has 2 amide bonds. The number of nitriles is 1. The number of nitrogens with one attached hydrogen (secondary N) is 1. The highest BCUT2D eigenvalue weighted by Gasteiger charge is 2.33. The van der Waals surface area contributed by atoms with E-state index in [1.807, 2.05) is 0 Å². The summed E-state index contributed by atoms with van der Waals surface area (Å²) in [7, 11) is 0.